The predicted octanol–water partition coefficient (Wildman–Crippen LogP) is 1.92. The largest absolute Gasteiger partial charge is 0.342 e. The number of anilines is 1. The van der Waals surface area contributed by atoms with Gasteiger partial charge in [-0.2, -0.15) is 0 Å². The van der Waals surface area contributed by atoms with E-state index >= 15 is 0 Å². The topological polar surface area (TPSA) is 49.3 Å². The van der Waals surface area contributed by atoms with Crippen LogP contribution in [0.25, 0.3) is 0 Å². The van der Waals surface area contributed by atoms with Crippen molar-refractivity contribution in [1.29, 1.82) is 0 Å². The van der Waals surface area contributed by atoms with Gasteiger partial charge in [-0.05, 0) is 24.1 Å². The molecular weight excluding hydrogens is 300 g/mol. The number of aryl methyl sites for hydroxylation is 1. The minimum Gasteiger partial charge on any atom is -0.342 e. The van der Waals surface area contributed by atoms with Gasteiger partial charge in [0.25, 0.3) is 0 Å². The Morgan fingerprint density at radius 3 is 2.38 bits per heavy atom. The first-order chi connectivity index (χ1) is 11.7. The third-order valence-corrected chi connectivity index (χ3v) is 5.28. The molecule has 0 bridgehead atoms. The van der Waals surface area contributed by atoms with Crippen LogP contribution >= 0.6 is 0 Å². The van der Waals surface area contributed by atoms with Crippen LogP contribution in [0.4, 0.5) is 5.95 Å². The number of amides is 1. The molecule has 2 unspecified atom stereocenters. The fraction of sp³-hybridized carbons (Fsp3) is 0.421. The number of fused-ring (bicyclic) bond motifs is 1. The first kappa shape index (κ1) is 15.1. The highest BCUT2D eigenvalue weighted by atomic mass is 16.2. The van der Waals surface area contributed by atoms with Gasteiger partial charge in [-0.15, -0.1) is 0 Å². The minimum absolute atomic E-state index is 0.251. The highest BCUT2D eigenvalue weighted by molar-refractivity contribution is 5.79. The van der Waals surface area contributed by atoms with Crippen molar-refractivity contribution in [1.82, 2.24) is 14.9 Å². The predicted molar refractivity (Wildman–Crippen MR) is 92.7 cm³/mol. The Balaban J connectivity index is 1.37. The monoisotopic (exact) mass is 322 g/mol. The van der Waals surface area contributed by atoms with Crippen LogP contribution in [0.15, 0.2) is 42.7 Å². The third-order valence-electron chi connectivity index (χ3n) is 5.28. The van der Waals surface area contributed by atoms with Crippen molar-refractivity contribution < 1.29 is 4.79 Å². The number of hydrogen-bond donors (Lipinski definition) is 0. The van der Waals surface area contributed by atoms with E-state index in [4.69, 9.17) is 0 Å². The molecular formula is C19H22N4O. The summed E-state index contributed by atoms with van der Waals surface area (Å²) < 4.78 is 0. The van der Waals surface area contributed by atoms with Crippen molar-refractivity contribution in [3.8, 4) is 0 Å². The molecule has 2 fully saturated rings. The van der Waals surface area contributed by atoms with Gasteiger partial charge in [0.15, 0.2) is 0 Å². The first-order valence-corrected chi connectivity index (χ1v) is 8.55. The van der Waals surface area contributed by atoms with E-state index in [-0.39, 0.29) is 5.91 Å². The third kappa shape index (κ3) is 2.86. The Bertz CT molecular complexity index is 719. The van der Waals surface area contributed by atoms with Gasteiger partial charge in [-0.3, -0.25) is 4.79 Å². The fourth-order valence-corrected chi connectivity index (χ4v) is 3.90. The summed E-state index contributed by atoms with van der Waals surface area (Å²) in [7, 11) is 0. The van der Waals surface area contributed by atoms with E-state index in [1.807, 2.05) is 23.1 Å². The van der Waals surface area contributed by atoms with Crippen LogP contribution in [0.1, 0.15) is 11.1 Å². The summed E-state index contributed by atoms with van der Waals surface area (Å²) in [6, 6.07) is 9.99. The second-order valence-electron chi connectivity index (χ2n) is 6.88. The Morgan fingerprint density at radius 1 is 1.04 bits per heavy atom. The van der Waals surface area contributed by atoms with Gasteiger partial charge in [0.2, 0.25) is 11.9 Å². The van der Waals surface area contributed by atoms with Crippen molar-refractivity contribution in [2.75, 3.05) is 31.1 Å². The molecule has 2 aromatic rings. The molecule has 2 aliphatic heterocycles. The van der Waals surface area contributed by atoms with E-state index in [1.165, 1.54) is 5.56 Å². The number of aromatic nitrogens is 2. The van der Waals surface area contributed by atoms with Crippen LogP contribution in [0.2, 0.25) is 0 Å². The van der Waals surface area contributed by atoms with Gasteiger partial charge in [0.1, 0.15) is 0 Å². The van der Waals surface area contributed by atoms with Crippen molar-refractivity contribution >= 4 is 11.9 Å². The molecule has 0 N–H and O–H groups in total. The molecule has 4 rings (SSSR count). The molecule has 0 aliphatic carbocycles. The fourth-order valence-electron chi connectivity index (χ4n) is 3.90. The standard InChI is InChI=1S/C19H22N4O/c1-14-5-2-3-6-15(14)9-18(24)22-10-16-12-23(13-17(16)11-22)19-20-7-4-8-21-19/h2-8,16-17H,9-13H2,1H3. The van der Waals surface area contributed by atoms with Crippen molar-refractivity contribution in [2.24, 2.45) is 11.8 Å². The highest BCUT2D eigenvalue weighted by Gasteiger charge is 2.42. The Labute approximate surface area is 142 Å². The maximum absolute atomic E-state index is 12.6. The summed E-state index contributed by atoms with van der Waals surface area (Å²) >= 11 is 0. The molecule has 1 aromatic carbocycles. The van der Waals surface area contributed by atoms with Crippen molar-refractivity contribution in [3.63, 3.8) is 0 Å². The average Bonchev–Trinajstić information content (AvgIpc) is 3.17. The summed E-state index contributed by atoms with van der Waals surface area (Å²) in [6.07, 6.45) is 4.08. The van der Waals surface area contributed by atoms with Gasteiger partial charge in [0, 0.05) is 50.4 Å². The van der Waals surface area contributed by atoms with E-state index in [0.717, 1.165) is 37.7 Å². The zero-order valence-electron chi connectivity index (χ0n) is 13.9. The van der Waals surface area contributed by atoms with E-state index in [2.05, 4.69) is 33.9 Å². The number of likely N-dealkylation sites (tertiary alicyclic amines) is 1. The van der Waals surface area contributed by atoms with Crippen molar-refractivity contribution in [3.05, 3.63) is 53.9 Å². The van der Waals surface area contributed by atoms with Crippen LogP contribution in [0.5, 0.6) is 0 Å². The van der Waals surface area contributed by atoms with E-state index in [0.29, 0.717) is 18.3 Å². The first-order valence-electron chi connectivity index (χ1n) is 8.55. The summed E-state index contributed by atoms with van der Waals surface area (Å²) in [5, 5.41) is 0. The number of carbonyl (C=O) groups excluding carboxylic acids is 1. The molecule has 5 nitrogen and oxygen atoms in total. The highest BCUT2D eigenvalue weighted by Crippen LogP contribution is 2.32. The van der Waals surface area contributed by atoms with Crippen LogP contribution in [-0.2, 0) is 11.2 Å². The zero-order valence-corrected chi connectivity index (χ0v) is 13.9. The second kappa shape index (κ2) is 6.23. The Morgan fingerprint density at radius 2 is 1.71 bits per heavy atom. The molecule has 2 saturated heterocycles. The maximum Gasteiger partial charge on any atom is 0.227 e. The molecule has 0 radical (unpaired) electrons. The Kier molecular flexibility index (Phi) is 3.92. The van der Waals surface area contributed by atoms with E-state index < -0.39 is 0 Å². The smallest absolute Gasteiger partial charge is 0.227 e. The summed E-state index contributed by atoms with van der Waals surface area (Å²) in [5.74, 6) is 2.13. The van der Waals surface area contributed by atoms with E-state index in [9.17, 15) is 4.79 Å². The molecule has 124 valence electrons. The molecule has 3 heterocycles. The lowest BCUT2D eigenvalue weighted by Crippen LogP contribution is -2.34. The lowest BCUT2D eigenvalue weighted by atomic mass is 10.0. The minimum atomic E-state index is 0.251. The second-order valence-corrected chi connectivity index (χ2v) is 6.88. The molecule has 1 aromatic heterocycles. The molecule has 0 spiro atoms. The van der Waals surface area contributed by atoms with Crippen LogP contribution in [0, 0.1) is 18.8 Å². The van der Waals surface area contributed by atoms with Gasteiger partial charge in [-0.25, -0.2) is 9.97 Å². The van der Waals surface area contributed by atoms with Crippen LogP contribution in [0.3, 0.4) is 0 Å². The number of benzene rings is 1. The zero-order chi connectivity index (χ0) is 16.5. The van der Waals surface area contributed by atoms with Gasteiger partial charge < -0.3 is 9.80 Å². The van der Waals surface area contributed by atoms with Crippen LogP contribution in [-0.4, -0.2) is 47.0 Å². The number of nitrogens with zero attached hydrogens (tertiary/aromatic N) is 4. The normalized spacial score (nSPS) is 22.7. The summed E-state index contributed by atoms with van der Waals surface area (Å²) in [6.45, 7) is 5.68. The number of rotatable bonds is 3. The molecule has 2 atom stereocenters. The molecule has 2 aliphatic rings. The van der Waals surface area contributed by atoms with Gasteiger partial charge in [-0.1, -0.05) is 24.3 Å². The average molecular weight is 322 g/mol. The quantitative estimate of drug-likeness (QED) is 0.866. The lowest BCUT2D eigenvalue weighted by Gasteiger charge is -2.22. The van der Waals surface area contributed by atoms with Crippen molar-refractivity contribution in [2.45, 2.75) is 13.3 Å². The van der Waals surface area contributed by atoms with Crippen LogP contribution < -0.4 is 4.90 Å². The maximum atomic E-state index is 12.6. The molecule has 1 amide bonds. The summed E-state index contributed by atoms with van der Waals surface area (Å²) in [4.78, 5) is 25.6. The van der Waals surface area contributed by atoms with Gasteiger partial charge >= 0.3 is 0 Å². The number of carbonyl (C=O) groups is 1. The molecule has 5 heteroatoms. The molecule has 0 saturated carbocycles. The van der Waals surface area contributed by atoms with Gasteiger partial charge in [0.05, 0.1) is 6.42 Å². The Hall–Kier alpha value is -2.43. The van der Waals surface area contributed by atoms with E-state index in [1.54, 1.807) is 12.4 Å². The SMILES string of the molecule is Cc1ccccc1CC(=O)N1CC2CN(c3ncccn3)CC2C1. The summed E-state index contributed by atoms with van der Waals surface area (Å²) in [5.41, 5.74) is 2.33. The number of hydrogen-bond acceptors (Lipinski definition) is 4. The molecule has 24 heavy (non-hydrogen) atoms. The lowest BCUT2D eigenvalue weighted by molar-refractivity contribution is -0.129.